The molecule has 1 aliphatic heterocycles. The molecule has 0 aromatic heterocycles. The molecule has 2 aromatic carbocycles. The first-order valence-electron chi connectivity index (χ1n) is 6.61. The van der Waals surface area contributed by atoms with E-state index in [1.165, 1.54) is 0 Å². The van der Waals surface area contributed by atoms with Gasteiger partial charge in [0, 0.05) is 0 Å². The van der Waals surface area contributed by atoms with E-state index in [9.17, 15) is 0 Å². The minimum atomic E-state index is -0.555. The number of ether oxygens (including phenoxy) is 2. The van der Waals surface area contributed by atoms with Gasteiger partial charge in [-0.25, -0.2) is 0 Å². The highest BCUT2D eigenvalue weighted by molar-refractivity contribution is 5.26. The van der Waals surface area contributed by atoms with Crippen LogP contribution in [-0.4, -0.2) is 5.79 Å². The Kier molecular flexibility index (Phi) is 3.13. The van der Waals surface area contributed by atoms with Crippen molar-refractivity contribution in [2.75, 3.05) is 0 Å². The average Bonchev–Trinajstić information content (AvgIpc) is 2.77. The van der Waals surface area contributed by atoms with Crippen LogP contribution >= 0.6 is 0 Å². The molecule has 98 valence electrons. The molecule has 2 aromatic rings. The van der Waals surface area contributed by atoms with Gasteiger partial charge in [0.25, 0.3) is 0 Å². The summed E-state index contributed by atoms with van der Waals surface area (Å²) in [7, 11) is 0. The summed E-state index contributed by atoms with van der Waals surface area (Å²) in [5.74, 6) is -0.555. The molecule has 1 saturated heterocycles. The van der Waals surface area contributed by atoms with Crippen LogP contribution in [0.1, 0.15) is 37.2 Å². The largest absolute Gasteiger partial charge is 0.339 e. The van der Waals surface area contributed by atoms with Crippen molar-refractivity contribution in [3.05, 3.63) is 71.8 Å². The van der Waals surface area contributed by atoms with Crippen molar-refractivity contribution in [3.8, 4) is 0 Å². The minimum Gasteiger partial charge on any atom is -0.339 e. The Bertz CT molecular complexity index is 484. The molecule has 0 amide bonds. The second-order valence-electron chi connectivity index (χ2n) is 5.30. The van der Waals surface area contributed by atoms with Crippen LogP contribution in [0.25, 0.3) is 0 Å². The third-order valence-corrected chi connectivity index (χ3v) is 3.35. The van der Waals surface area contributed by atoms with Gasteiger partial charge >= 0.3 is 0 Å². The van der Waals surface area contributed by atoms with Gasteiger partial charge in [0.15, 0.2) is 5.79 Å². The topological polar surface area (TPSA) is 18.5 Å². The summed E-state index contributed by atoms with van der Waals surface area (Å²) >= 11 is 0. The minimum absolute atomic E-state index is 0.0569. The highest BCUT2D eigenvalue weighted by atomic mass is 16.7. The fourth-order valence-corrected chi connectivity index (χ4v) is 2.53. The van der Waals surface area contributed by atoms with Gasteiger partial charge in [-0.05, 0) is 25.0 Å². The fraction of sp³-hybridized carbons (Fsp3) is 0.294. The molecule has 1 heterocycles. The first-order valence-corrected chi connectivity index (χ1v) is 6.61. The molecule has 2 atom stereocenters. The molecule has 3 rings (SSSR count). The smallest absolute Gasteiger partial charge is 0.164 e. The van der Waals surface area contributed by atoms with Crippen molar-refractivity contribution < 1.29 is 9.47 Å². The predicted octanol–water partition coefficient (Wildman–Crippen LogP) is 4.25. The van der Waals surface area contributed by atoms with Crippen LogP contribution in [0.3, 0.4) is 0 Å². The van der Waals surface area contributed by atoms with Gasteiger partial charge < -0.3 is 9.47 Å². The molecule has 0 N–H and O–H groups in total. The standard InChI is InChI=1S/C17H18O2/c1-17(2)18-15(13-9-5-3-6-10-13)16(19-17)14-11-7-4-8-12-14/h3-12,15-16H,1-2H3/t15-,16+. The van der Waals surface area contributed by atoms with E-state index < -0.39 is 5.79 Å². The third kappa shape index (κ3) is 2.55. The van der Waals surface area contributed by atoms with E-state index in [2.05, 4.69) is 24.3 Å². The molecule has 1 aliphatic rings. The van der Waals surface area contributed by atoms with Crippen LogP contribution in [0.5, 0.6) is 0 Å². The highest BCUT2D eigenvalue weighted by Crippen LogP contribution is 2.46. The summed E-state index contributed by atoms with van der Waals surface area (Å²) in [6.07, 6.45) is -0.114. The first-order chi connectivity index (χ1) is 9.16. The fourth-order valence-electron chi connectivity index (χ4n) is 2.53. The summed E-state index contributed by atoms with van der Waals surface area (Å²) in [6.45, 7) is 3.93. The highest BCUT2D eigenvalue weighted by Gasteiger charge is 2.42. The van der Waals surface area contributed by atoms with Crippen LogP contribution in [0.15, 0.2) is 60.7 Å². The Morgan fingerprint density at radius 2 is 1.05 bits per heavy atom. The Morgan fingerprint density at radius 1 is 0.684 bits per heavy atom. The molecule has 0 saturated carbocycles. The van der Waals surface area contributed by atoms with Crippen molar-refractivity contribution in [3.63, 3.8) is 0 Å². The van der Waals surface area contributed by atoms with Crippen LogP contribution in [0.4, 0.5) is 0 Å². The number of hydrogen-bond acceptors (Lipinski definition) is 2. The van der Waals surface area contributed by atoms with Crippen molar-refractivity contribution in [2.45, 2.75) is 31.8 Å². The van der Waals surface area contributed by atoms with Gasteiger partial charge in [-0.3, -0.25) is 0 Å². The first kappa shape index (κ1) is 12.4. The zero-order valence-corrected chi connectivity index (χ0v) is 11.2. The molecule has 0 aliphatic carbocycles. The van der Waals surface area contributed by atoms with Crippen molar-refractivity contribution in [1.29, 1.82) is 0 Å². The molecule has 0 bridgehead atoms. The molecule has 1 fully saturated rings. The molecule has 19 heavy (non-hydrogen) atoms. The summed E-state index contributed by atoms with van der Waals surface area (Å²) in [5, 5.41) is 0. The summed E-state index contributed by atoms with van der Waals surface area (Å²) < 4.78 is 12.2. The van der Waals surface area contributed by atoms with E-state index in [1.807, 2.05) is 50.2 Å². The second kappa shape index (κ2) is 4.80. The van der Waals surface area contributed by atoms with Gasteiger partial charge in [0.1, 0.15) is 12.2 Å². The van der Waals surface area contributed by atoms with Gasteiger partial charge in [0.05, 0.1) is 0 Å². The van der Waals surface area contributed by atoms with Gasteiger partial charge in [-0.15, -0.1) is 0 Å². The Labute approximate surface area is 114 Å². The van der Waals surface area contributed by atoms with Crippen molar-refractivity contribution in [2.24, 2.45) is 0 Å². The molecule has 2 nitrogen and oxygen atoms in total. The third-order valence-electron chi connectivity index (χ3n) is 3.35. The second-order valence-corrected chi connectivity index (χ2v) is 5.30. The molecular weight excluding hydrogens is 236 g/mol. The maximum atomic E-state index is 6.08. The van der Waals surface area contributed by atoms with E-state index in [4.69, 9.17) is 9.47 Å². The summed E-state index contributed by atoms with van der Waals surface area (Å²) in [6, 6.07) is 20.5. The van der Waals surface area contributed by atoms with Crippen LogP contribution in [0.2, 0.25) is 0 Å². The molecule has 0 radical (unpaired) electrons. The molecule has 2 heteroatoms. The van der Waals surface area contributed by atoms with Gasteiger partial charge in [0.2, 0.25) is 0 Å². The molecule has 0 spiro atoms. The molecular formula is C17H18O2. The Morgan fingerprint density at radius 3 is 1.42 bits per heavy atom. The predicted molar refractivity (Wildman–Crippen MR) is 74.6 cm³/mol. The summed E-state index contributed by atoms with van der Waals surface area (Å²) in [5.41, 5.74) is 2.31. The molecule has 0 unspecified atom stereocenters. The number of rotatable bonds is 2. The van der Waals surface area contributed by atoms with E-state index in [1.54, 1.807) is 0 Å². The van der Waals surface area contributed by atoms with E-state index in [0.717, 1.165) is 11.1 Å². The zero-order valence-electron chi connectivity index (χ0n) is 11.2. The van der Waals surface area contributed by atoms with Crippen molar-refractivity contribution >= 4 is 0 Å². The lowest BCUT2D eigenvalue weighted by molar-refractivity contribution is -0.147. The maximum Gasteiger partial charge on any atom is 0.164 e. The van der Waals surface area contributed by atoms with Gasteiger partial charge in [-0.1, -0.05) is 60.7 Å². The number of hydrogen-bond donors (Lipinski definition) is 0. The lowest BCUT2D eigenvalue weighted by Gasteiger charge is -2.17. The van der Waals surface area contributed by atoms with E-state index >= 15 is 0 Å². The quantitative estimate of drug-likeness (QED) is 0.797. The Balaban J connectivity index is 1.97. The monoisotopic (exact) mass is 254 g/mol. The van der Waals surface area contributed by atoms with Crippen LogP contribution < -0.4 is 0 Å². The lowest BCUT2D eigenvalue weighted by atomic mass is 9.99. The maximum absolute atomic E-state index is 6.08. The normalized spacial score (nSPS) is 25.4. The Hall–Kier alpha value is -1.64. The number of benzene rings is 2. The SMILES string of the molecule is CC1(C)O[C@H](c2ccccc2)[C@H](c2ccccc2)O1. The van der Waals surface area contributed by atoms with Crippen LogP contribution in [-0.2, 0) is 9.47 Å². The lowest BCUT2D eigenvalue weighted by Crippen LogP contribution is -2.20. The van der Waals surface area contributed by atoms with Crippen LogP contribution in [0, 0.1) is 0 Å². The average molecular weight is 254 g/mol. The van der Waals surface area contributed by atoms with E-state index in [0.29, 0.717) is 0 Å². The zero-order chi connectivity index (χ0) is 13.3. The van der Waals surface area contributed by atoms with E-state index in [-0.39, 0.29) is 12.2 Å². The van der Waals surface area contributed by atoms with Crippen molar-refractivity contribution in [1.82, 2.24) is 0 Å². The van der Waals surface area contributed by atoms with Gasteiger partial charge in [-0.2, -0.15) is 0 Å². The summed E-state index contributed by atoms with van der Waals surface area (Å²) in [4.78, 5) is 0.